The fraction of sp³-hybridized carbons (Fsp3) is 0.688. The number of hydrogen-bond acceptors (Lipinski definition) is 4. The van der Waals surface area contributed by atoms with Gasteiger partial charge in [0, 0.05) is 11.7 Å². The first kappa shape index (κ1) is 17.5. The number of halogens is 3. The molecule has 0 unspecified atom stereocenters. The molecule has 0 atom stereocenters. The van der Waals surface area contributed by atoms with Crippen LogP contribution in [0, 0.1) is 0 Å². The number of nitrogens with zero attached hydrogens (tertiary/aromatic N) is 1. The van der Waals surface area contributed by atoms with E-state index in [1.165, 1.54) is 12.3 Å². The average molecular weight is 343 g/mol. The molecule has 24 heavy (non-hydrogen) atoms. The van der Waals surface area contributed by atoms with Gasteiger partial charge in [-0.25, -0.2) is 4.98 Å². The molecule has 1 aromatic rings. The maximum absolute atomic E-state index is 13.1. The molecule has 1 saturated heterocycles. The molecular formula is C16H21BF3NO3. The molecule has 0 bridgehead atoms. The minimum Gasteiger partial charge on any atom is -0.461 e. The molecule has 0 aromatic carbocycles. The van der Waals surface area contributed by atoms with Crippen LogP contribution >= 0.6 is 0 Å². The Bertz CT molecular complexity index is 596. The van der Waals surface area contributed by atoms with Gasteiger partial charge in [0.05, 0.1) is 11.2 Å². The fourth-order valence-corrected chi connectivity index (χ4v) is 2.71. The van der Waals surface area contributed by atoms with Crippen LogP contribution in [0.4, 0.5) is 13.2 Å². The van der Waals surface area contributed by atoms with E-state index in [2.05, 4.69) is 4.98 Å². The van der Waals surface area contributed by atoms with E-state index < -0.39 is 30.1 Å². The Balaban J connectivity index is 1.73. The summed E-state index contributed by atoms with van der Waals surface area (Å²) in [5, 5.41) is 0. The van der Waals surface area contributed by atoms with Crippen LogP contribution in [0.15, 0.2) is 18.3 Å². The fourth-order valence-electron chi connectivity index (χ4n) is 2.71. The smallest absolute Gasteiger partial charge is 0.461 e. The Morgan fingerprint density at radius 1 is 1.08 bits per heavy atom. The van der Waals surface area contributed by atoms with Gasteiger partial charge in [-0.15, -0.1) is 0 Å². The molecule has 1 saturated carbocycles. The van der Waals surface area contributed by atoms with Crippen LogP contribution in [0.2, 0.25) is 0 Å². The Hall–Kier alpha value is -1.28. The molecule has 1 aliphatic heterocycles. The summed E-state index contributed by atoms with van der Waals surface area (Å²) in [7, 11) is -0.600. The lowest BCUT2D eigenvalue weighted by molar-refractivity contribution is -0.275. The zero-order valence-corrected chi connectivity index (χ0v) is 14.2. The lowest BCUT2D eigenvalue weighted by Gasteiger charge is -2.42. The van der Waals surface area contributed by atoms with Crippen molar-refractivity contribution in [2.45, 2.75) is 69.9 Å². The molecule has 2 aliphatic rings. The van der Waals surface area contributed by atoms with Crippen LogP contribution in [-0.4, -0.2) is 35.1 Å². The van der Waals surface area contributed by atoms with Crippen molar-refractivity contribution in [2.24, 2.45) is 0 Å². The Morgan fingerprint density at radius 3 is 2.04 bits per heavy atom. The zero-order valence-electron chi connectivity index (χ0n) is 14.2. The van der Waals surface area contributed by atoms with Crippen LogP contribution in [-0.2, 0) is 9.31 Å². The van der Waals surface area contributed by atoms with Gasteiger partial charge in [0.1, 0.15) is 0 Å². The number of pyridine rings is 1. The van der Waals surface area contributed by atoms with Gasteiger partial charge < -0.3 is 14.0 Å². The lowest BCUT2D eigenvalue weighted by Crippen LogP contribution is -2.55. The molecule has 1 aliphatic carbocycles. The first-order valence-electron chi connectivity index (χ1n) is 8.03. The van der Waals surface area contributed by atoms with Gasteiger partial charge in [0.2, 0.25) is 11.5 Å². The highest BCUT2D eigenvalue weighted by atomic mass is 19.4. The highest BCUT2D eigenvalue weighted by molar-refractivity contribution is 6.62. The highest BCUT2D eigenvalue weighted by Gasteiger charge is 2.61. The number of aromatic nitrogens is 1. The second kappa shape index (κ2) is 5.36. The van der Waals surface area contributed by atoms with Crippen molar-refractivity contribution >= 4 is 12.6 Å². The van der Waals surface area contributed by atoms with Crippen LogP contribution in [0.1, 0.15) is 47.0 Å². The summed E-state index contributed by atoms with van der Waals surface area (Å²) in [6.45, 7) is 7.73. The number of hydrogen-bond donors (Lipinski definition) is 0. The maximum Gasteiger partial charge on any atom is 0.496 e. The predicted octanol–water partition coefficient (Wildman–Crippen LogP) is 3.24. The quantitative estimate of drug-likeness (QED) is 0.790. The van der Waals surface area contributed by atoms with Crippen molar-refractivity contribution in [3.05, 3.63) is 18.3 Å². The Morgan fingerprint density at radius 2 is 1.67 bits per heavy atom. The first-order valence-corrected chi connectivity index (χ1v) is 8.03. The van der Waals surface area contributed by atoms with E-state index in [1.54, 1.807) is 6.07 Å². The highest BCUT2D eigenvalue weighted by Crippen LogP contribution is 2.47. The third-order valence-corrected chi connectivity index (χ3v) is 5.26. The van der Waals surface area contributed by atoms with Crippen molar-refractivity contribution in [2.75, 3.05) is 0 Å². The summed E-state index contributed by atoms with van der Waals surface area (Å²) in [4.78, 5) is 4.02. The molecule has 0 radical (unpaired) electrons. The molecule has 0 amide bonds. The van der Waals surface area contributed by atoms with Gasteiger partial charge in [-0.1, -0.05) is 6.07 Å². The first-order chi connectivity index (χ1) is 11.0. The average Bonchev–Trinajstić information content (AvgIpc) is 2.62. The maximum atomic E-state index is 13.1. The van der Waals surface area contributed by atoms with Gasteiger partial charge in [-0.05, 0) is 53.0 Å². The minimum absolute atomic E-state index is 0.0306. The van der Waals surface area contributed by atoms with Crippen molar-refractivity contribution in [3.8, 4) is 5.88 Å². The van der Waals surface area contributed by atoms with E-state index >= 15 is 0 Å². The van der Waals surface area contributed by atoms with Crippen LogP contribution in [0.3, 0.4) is 0 Å². The Kier molecular flexibility index (Phi) is 3.92. The normalized spacial score (nSPS) is 24.5. The van der Waals surface area contributed by atoms with Crippen molar-refractivity contribution < 1.29 is 27.2 Å². The van der Waals surface area contributed by atoms with E-state index in [0.29, 0.717) is 11.9 Å². The van der Waals surface area contributed by atoms with Gasteiger partial charge in [0.15, 0.2) is 0 Å². The monoisotopic (exact) mass is 343 g/mol. The molecule has 0 N–H and O–H groups in total. The van der Waals surface area contributed by atoms with Gasteiger partial charge in [-0.3, -0.25) is 0 Å². The molecule has 3 rings (SSSR count). The molecule has 1 aromatic heterocycles. The van der Waals surface area contributed by atoms with Gasteiger partial charge in [0.25, 0.3) is 0 Å². The van der Waals surface area contributed by atoms with Crippen LogP contribution < -0.4 is 10.2 Å². The van der Waals surface area contributed by atoms with Crippen LogP contribution in [0.25, 0.3) is 0 Å². The van der Waals surface area contributed by atoms with E-state index in [4.69, 9.17) is 14.0 Å². The molecule has 8 heteroatoms. The second-order valence-corrected chi connectivity index (χ2v) is 7.47. The summed E-state index contributed by atoms with van der Waals surface area (Å²) >= 11 is 0. The lowest BCUT2D eigenvalue weighted by atomic mass is 9.79. The zero-order chi connectivity index (χ0) is 17.8. The third-order valence-electron chi connectivity index (χ3n) is 5.26. The Labute approximate surface area is 139 Å². The van der Waals surface area contributed by atoms with E-state index in [9.17, 15) is 13.2 Å². The topological polar surface area (TPSA) is 40.6 Å². The summed E-state index contributed by atoms with van der Waals surface area (Å²) in [6, 6.07) is 3.07. The number of ether oxygens (including phenoxy) is 1. The van der Waals surface area contributed by atoms with Gasteiger partial charge in [-0.2, -0.15) is 13.2 Å². The molecule has 4 nitrogen and oxygen atoms in total. The molecule has 0 spiro atoms. The number of alkyl halides is 3. The number of rotatable bonds is 3. The molecule has 2 fully saturated rings. The van der Waals surface area contributed by atoms with Crippen LogP contribution in [0.5, 0.6) is 5.88 Å². The second-order valence-electron chi connectivity index (χ2n) is 7.47. The van der Waals surface area contributed by atoms with Crippen molar-refractivity contribution in [1.82, 2.24) is 4.98 Å². The van der Waals surface area contributed by atoms with E-state index in [0.717, 1.165) is 0 Å². The third kappa shape index (κ3) is 2.79. The SMILES string of the molecule is CC1(C)OB(c2ccc(OC3(C(F)(F)F)CCC3)nc2)OC1(C)C. The standard InChI is InChI=1S/C16H21BF3NO3/c1-13(2)14(3,4)24-17(23-13)11-6-7-12(21-10-11)22-15(8-5-9-15)16(18,19)20/h6-7,10H,5,8-9H2,1-4H3. The summed E-state index contributed by atoms with van der Waals surface area (Å²) < 4.78 is 56.4. The minimum atomic E-state index is -4.39. The predicted molar refractivity (Wildman–Crippen MR) is 83.2 cm³/mol. The van der Waals surface area contributed by atoms with E-state index in [1.807, 2.05) is 27.7 Å². The van der Waals surface area contributed by atoms with Gasteiger partial charge >= 0.3 is 13.3 Å². The summed E-state index contributed by atoms with van der Waals surface area (Å²) in [5.74, 6) is -0.0349. The van der Waals surface area contributed by atoms with Crippen molar-refractivity contribution in [1.29, 1.82) is 0 Å². The van der Waals surface area contributed by atoms with E-state index in [-0.39, 0.29) is 18.7 Å². The molecule has 132 valence electrons. The summed E-state index contributed by atoms with van der Waals surface area (Å²) in [5.41, 5.74) is -2.42. The molecule has 2 heterocycles. The molecular weight excluding hydrogens is 322 g/mol. The summed E-state index contributed by atoms with van der Waals surface area (Å²) in [6.07, 6.45) is -2.50. The largest absolute Gasteiger partial charge is 0.496 e. The van der Waals surface area contributed by atoms with Crippen molar-refractivity contribution in [3.63, 3.8) is 0 Å².